The summed E-state index contributed by atoms with van der Waals surface area (Å²) in [7, 11) is -1.78. The number of phenols is 1. The molecule has 0 amide bonds. The molecular weight excluding hydrogens is 338 g/mol. The number of hydrogen-bond acceptors (Lipinski definition) is 4. The lowest BCUT2D eigenvalue weighted by Gasteiger charge is -2.34. The van der Waals surface area contributed by atoms with Gasteiger partial charge in [-0.05, 0) is 50.3 Å². The topological polar surface area (TPSA) is 75.4 Å². The van der Waals surface area contributed by atoms with Crippen LogP contribution in [0.4, 0.5) is 0 Å². The summed E-state index contributed by atoms with van der Waals surface area (Å²) in [6, 6.07) is 7.16. The van der Waals surface area contributed by atoms with Crippen LogP contribution in [0.25, 0.3) is 0 Å². The maximum absolute atomic E-state index is 13.1. The fourth-order valence-corrected chi connectivity index (χ4v) is 5.39. The highest BCUT2D eigenvalue weighted by Crippen LogP contribution is 2.29. The van der Waals surface area contributed by atoms with Crippen LogP contribution in [0.2, 0.25) is 0 Å². The van der Waals surface area contributed by atoms with Crippen LogP contribution in [0.15, 0.2) is 35.4 Å². The zero-order chi connectivity index (χ0) is 18.0. The Kier molecular flexibility index (Phi) is 5.15. The maximum Gasteiger partial charge on any atom is 0.246 e. The van der Waals surface area contributed by atoms with Crippen molar-refractivity contribution in [1.82, 2.24) is 14.1 Å². The summed E-state index contributed by atoms with van der Waals surface area (Å²) in [6.45, 7) is 2.34. The number of sulfonamides is 1. The van der Waals surface area contributed by atoms with Gasteiger partial charge in [0.25, 0.3) is 0 Å². The van der Waals surface area contributed by atoms with Gasteiger partial charge in [-0.3, -0.25) is 4.68 Å². The zero-order valence-electron chi connectivity index (χ0n) is 14.7. The molecule has 1 aliphatic rings. The molecule has 25 heavy (non-hydrogen) atoms. The summed E-state index contributed by atoms with van der Waals surface area (Å²) in [4.78, 5) is 0.305. The van der Waals surface area contributed by atoms with E-state index in [1.165, 1.54) is 6.20 Å². The molecule has 0 saturated carbocycles. The number of nitrogens with zero attached hydrogens (tertiary/aromatic N) is 3. The van der Waals surface area contributed by atoms with Crippen LogP contribution in [-0.2, 0) is 23.5 Å². The number of benzene rings is 1. The van der Waals surface area contributed by atoms with Crippen molar-refractivity contribution in [2.75, 3.05) is 6.54 Å². The molecule has 1 aromatic carbocycles. The minimum atomic E-state index is -3.53. The van der Waals surface area contributed by atoms with Crippen molar-refractivity contribution < 1.29 is 13.5 Å². The number of hydrogen-bond donors (Lipinski definition) is 1. The lowest BCUT2D eigenvalue weighted by molar-refractivity contribution is 0.241. The summed E-state index contributed by atoms with van der Waals surface area (Å²) < 4.78 is 29.5. The molecule has 0 bridgehead atoms. The molecule has 0 spiro atoms. The Balaban J connectivity index is 1.80. The first-order valence-corrected chi connectivity index (χ1v) is 10.1. The van der Waals surface area contributed by atoms with Gasteiger partial charge in [0, 0.05) is 19.6 Å². The Bertz CT molecular complexity index is 845. The molecule has 1 fully saturated rings. The van der Waals surface area contributed by atoms with Gasteiger partial charge in [0.15, 0.2) is 0 Å². The van der Waals surface area contributed by atoms with Gasteiger partial charge in [0.2, 0.25) is 10.0 Å². The van der Waals surface area contributed by atoms with E-state index in [2.05, 4.69) is 5.10 Å². The van der Waals surface area contributed by atoms with Crippen molar-refractivity contribution in [3.63, 3.8) is 0 Å². The second kappa shape index (κ2) is 7.17. The third-order valence-electron chi connectivity index (χ3n) is 5.03. The van der Waals surface area contributed by atoms with Crippen LogP contribution < -0.4 is 0 Å². The number of piperidine rings is 1. The number of aromatic nitrogens is 2. The molecule has 1 unspecified atom stereocenters. The third kappa shape index (κ3) is 3.72. The standard InChI is InChI=1S/C18H25N3O3S/c1-14-18(13-19-20(14)2)25(23,24)21-11-4-3-7-16(21)10-9-15-6-5-8-17(22)12-15/h5-6,8,12-13,16,22H,3-4,7,9-11H2,1-2H3. The zero-order valence-corrected chi connectivity index (χ0v) is 15.5. The van der Waals surface area contributed by atoms with Crippen molar-refractivity contribution in [2.45, 2.75) is 50.0 Å². The van der Waals surface area contributed by atoms with Gasteiger partial charge in [-0.2, -0.15) is 9.40 Å². The number of rotatable bonds is 5. The van der Waals surface area contributed by atoms with E-state index in [0.29, 0.717) is 17.1 Å². The summed E-state index contributed by atoms with van der Waals surface area (Å²) >= 11 is 0. The number of aryl methyl sites for hydroxylation is 2. The molecule has 6 nitrogen and oxygen atoms in total. The van der Waals surface area contributed by atoms with E-state index >= 15 is 0 Å². The Labute approximate surface area is 149 Å². The van der Waals surface area contributed by atoms with Gasteiger partial charge >= 0.3 is 0 Å². The molecule has 1 atom stereocenters. The van der Waals surface area contributed by atoms with Gasteiger partial charge in [0.1, 0.15) is 10.6 Å². The van der Waals surface area contributed by atoms with Crippen LogP contribution >= 0.6 is 0 Å². The molecule has 7 heteroatoms. The Morgan fingerprint density at radius 3 is 2.80 bits per heavy atom. The van der Waals surface area contributed by atoms with Crippen LogP contribution in [0.3, 0.4) is 0 Å². The van der Waals surface area contributed by atoms with Gasteiger partial charge < -0.3 is 5.11 Å². The molecule has 1 aromatic heterocycles. The van der Waals surface area contributed by atoms with Crippen LogP contribution in [-0.4, -0.2) is 40.2 Å². The Hall–Kier alpha value is -1.86. The third-order valence-corrected chi connectivity index (χ3v) is 7.08. The van der Waals surface area contributed by atoms with Gasteiger partial charge in [-0.25, -0.2) is 8.42 Å². The van der Waals surface area contributed by atoms with Crippen LogP contribution in [0.5, 0.6) is 5.75 Å². The normalized spacial score (nSPS) is 19.2. The molecule has 2 aromatic rings. The highest BCUT2D eigenvalue weighted by atomic mass is 32.2. The van der Waals surface area contributed by atoms with E-state index in [0.717, 1.165) is 37.7 Å². The second-order valence-corrected chi connectivity index (χ2v) is 8.55. The molecule has 0 aliphatic carbocycles. The minimum absolute atomic E-state index is 0.0132. The van der Waals surface area contributed by atoms with Crippen molar-refractivity contribution in [3.05, 3.63) is 41.7 Å². The average molecular weight is 363 g/mol. The number of aromatic hydroxyl groups is 1. The van der Waals surface area contributed by atoms with E-state index < -0.39 is 10.0 Å². The summed E-state index contributed by atoms with van der Waals surface area (Å²) in [5.41, 5.74) is 1.69. The van der Waals surface area contributed by atoms with Crippen molar-refractivity contribution in [3.8, 4) is 5.75 Å². The lowest BCUT2D eigenvalue weighted by atomic mass is 9.98. The minimum Gasteiger partial charge on any atom is -0.508 e. The first-order chi connectivity index (χ1) is 11.9. The first-order valence-electron chi connectivity index (χ1n) is 8.68. The molecule has 1 saturated heterocycles. The lowest BCUT2D eigenvalue weighted by Crippen LogP contribution is -2.44. The Morgan fingerprint density at radius 1 is 1.32 bits per heavy atom. The molecule has 2 heterocycles. The highest BCUT2D eigenvalue weighted by Gasteiger charge is 2.35. The molecule has 1 aliphatic heterocycles. The highest BCUT2D eigenvalue weighted by molar-refractivity contribution is 7.89. The van der Waals surface area contributed by atoms with Crippen molar-refractivity contribution >= 4 is 10.0 Å². The van der Waals surface area contributed by atoms with E-state index in [1.54, 1.807) is 35.1 Å². The smallest absolute Gasteiger partial charge is 0.246 e. The average Bonchev–Trinajstić information content (AvgIpc) is 2.93. The number of phenolic OH excluding ortho intramolecular Hbond substituents is 1. The van der Waals surface area contributed by atoms with E-state index in [1.807, 2.05) is 12.1 Å². The quantitative estimate of drug-likeness (QED) is 0.886. The van der Waals surface area contributed by atoms with E-state index in [9.17, 15) is 13.5 Å². The second-order valence-electron chi connectivity index (χ2n) is 6.69. The van der Waals surface area contributed by atoms with Gasteiger partial charge in [-0.15, -0.1) is 0 Å². The SMILES string of the molecule is Cc1c(S(=O)(=O)N2CCCCC2CCc2cccc(O)c2)cnn1C. The maximum atomic E-state index is 13.1. The summed E-state index contributed by atoms with van der Waals surface area (Å²) in [6.07, 6.45) is 5.76. The molecule has 0 radical (unpaired) electrons. The van der Waals surface area contributed by atoms with Crippen LogP contribution in [0.1, 0.15) is 36.9 Å². The monoisotopic (exact) mass is 363 g/mol. The van der Waals surface area contributed by atoms with Crippen molar-refractivity contribution in [1.29, 1.82) is 0 Å². The first kappa shape index (κ1) is 17.9. The van der Waals surface area contributed by atoms with Crippen LogP contribution in [0, 0.1) is 6.92 Å². The predicted molar refractivity (Wildman–Crippen MR) is 95.9 cm³/mol. The van der Waals surface area contributed by atoms with Crippen molar-refractivity contribution in [2.24, 2.45) is 7.05 Å². The molecule has 1 N–H and O–H groups in total. The molecule has 136 valence electrons. The predicted octanol–water partition coefficient (Wildman–Crippen LogP) is 2.61. The fraction of sp³-hybridized carbons (Fsp3) is 0.500. The molecular formula is C18H25N3O3S. The fourth-order valence-electron chi connectivity index (χ4n) is 3.48. The van der Waals surface area contributed by atoms with Gasteiger partial charge in [0.05, 0.1) is 11.9 Å². The summed E-state index contributed by atoms with van der Waals surface area (Å²) in [5, 5.41) is 13.7. The molecule has 3 rings (SSSR count). The summed E-state index contributed by atoms with van der Waals surface area (Å²) in [5.74, 6) is 0.247. The Morgan fingerprint density at radius 2 is 2.12 bits per heavy atom. The van der Waals surface area contributed by atoms with E-state index in [4.69, 9.17) is 0 Å². The van der Waals surface area contributed by atoms with E-state index in [-0.39, 0.29) is 11.8 Å². The van der Waals surface area contributed by atoms with Gasteiger partial charge in [-0.1, -0.05) is 18.6 Å². The largest absolute Gasteiger partial charge is 0.508 e.